The Hall–Kier alpha value is -3.64. The number of phenols is 1. The van der Waals surface area contributed by atoms with Gasteiger partial charge in [0, 0.05) is 26.8 Å². The van der Waals surface area contributed by atoms with E-state index < -0.39 is 98.5 Å². The van der Waals surface area contributed by atoms with Gasteiger partial charge in [0.1, 0.15) is 49.5 Å². The SMILES string of the molecule is CC(=O)OC[C@H]1O[C@H](O[C@]2(COC(C)=O)O[C@H](CO)[C@@H](OC(C)=O)[C@@H]2OC(=O)/C=C/c2ccc(O)cc2)[C@H](O)[C@@H](O)[C@@H]1O. The highest BCUT2D eigenvalue weighted by atomic mass is 16.8. The van der Waals surface area contributed by atoms with Crippen LogP contribution in [0.1, 0.15) is 26.3 Å². The summed E-state index contributed by atoms with van der Waals surface area (Å²) in [4.78, 5) is 48.0. The minimum atomic E-state index is -2.43. The quantitative estimate of drug-likeness (QED) is 0.106. The van der Waals surface area contributed by atoms with Gasteiger partial charge in [-0.3, -0.25) is 14.4 Å². The first kappa shape index (κ1) is 33.9. The van der Waals surface area contributed by atoms with Crippen LogP contribution in [0.2, 0.25) is 0 Å². The number of phenolic OH excluding ortho intramolecular Hbond substituents is 1. The van der Waals surface area contributed by atoms with Crippen molar-refractivity contribution in [1.82, 2.24) is 0 Å². The number of carbonyl (C=O) groups excluding carboxylic acids is 4. The molecule has 2 heterocycles. The summed E-state index contributed by atoms with van der Waals surface area (Å²) in [6.07, 6.45) is -11.4. The van der Waals surface area contributed by atoms with Gasteiger partial charge in [-0.15, -0.1) is 0 Å². The van der Waals surface area contributed by atoms with Crippen LogP contribution in [0.4, 0.5) is 0 Å². The first-order valence-corrected chi connectivity index (χ1v) is 13.0. The fourth-order valence-electron chi connectivity index (χ4n) is 4.37. The zero-order chi connectivity index (χ0) is 31.9. The van der Waals surface area contributed by atoms with Crippen molar-refractivity contribution in [2.75, 3.05) is 19.8 Å². The zero-order valence-electron chi connectivity index (χ0n) is 23.4. The Kier molecular flexibility index (Phi) is 11.6. The van der Waals surface area contributed by atoms with Gasteiger partial charge in [0.05, 0.1) is 6.61 Å². The molecule has 0 spiro atoms. The molecule has 43 heavy (non-hydrogen) atoms. The first-order valence-electron chi connectivity index (χ1n) is 13.0. The van der Waals surface area contributed by atoms with E-state index in [2.05, 4.69) is 0 Å². The molecule has 16 heteroatoms. The van der Waals surface area contributed by atoms with Gasteiger partial charge in [0.25, 0.3) is 0 Å². The number of carbonyl (C=O) groups is 4. The molecule has 0 aromatic heterocycles. The topological polar surface area (TPSA) is 234 Å². The smallest absolute Gasteiger partial charge is 0.331 e. The molecule has 3 rings (SSSR count). The number of aliphatic hydroxyl groups is 4. The maximum Gasteiger partial charge on any atom is 0.331 e. The van der Waals surface area contributed by atoms with E-state index in [1.165, 1.54) is 30.3 Å². The van der Waals surface area contributed by atoms with Crippen LogP contribution >= 0.6 is 0 Å². The van der Waals surface area contributed by atoms with E-state index in [-0.39, 0.29) is 5.75 Å². The molecule has 5 N–H and O–H groups in total. The standard InChI is InChI=1S/C27H34O16/c1-13(29)37-11-19-21(34)22(35)23(36)26(40-19)43-27(12-38-14(2)30)25(24(39-15(3)31)18(10-28)42-27)41-20(33)9-6-16-4-7-17(32)8-5-16/h4-9,18-19,21-26,28,32,34-36H,10-12H2,1-3H3/b9-6+/t18-,19-,21-,22+,23-,24-,25+,26-,27+/m1/s1. The summed E-state index contributed by atoms with van der Waals surface area (Å²) in [5.41, 5.74) is 0.495. The van der Waals surface area contributed by atoms with Crippen LogP contribution in [0.15, 0.2) is 30.3 Å². The van der Waals surface area contributed by atoms with Crippen LogP contribution in [-0.4, -0.2) is 124 Å². The average Bonchev–Trinajstić information content (AvgIpc) is 3.22. The van der Waals surface area contributed by atoms with E-state index in [9.17, 15) is 44.7 Å². The predicted octanol–water partition coefficient (Wildman–Crippen LogP) is -1.71. The highest BCUT2D eigenvalue weighted by Crippen LogP contribution is 2.40. The van der Waals surface area contributed by atoms with Crippen molar-refractivity contribution in [3.05, 3.63) is 35.9 Å². The summed E-state index contributed by atoms with van der Waals surface area (Å²) in [6, 6.07) is 5.77. The molecule has 0 radical (unpaired) electrons. The number of hydrogen-bond acceptors (Lipinski definition) is 16. The zero-order valence-corrected chi connectivity index (χ0v) is 23.4. The Balaban J connectivity index is 1.99. The van der Waals surface area contributed by atoms with Crippen LogP contribution in [0.25, 0.3) is 6.08 Å². The number of esters is 4. The second kappa shape index (κ2) is 14.7. The lowest BCUT2D eigenvalue weighted by molar-refractivity contribution is -0.383. The molecule has 16 nitrogen and oxygen atoms in total. The van der Waals surface area contributed by atoms with Crippen LogP contribution < -0.4 is 0 Å². The third kappa shape index (κ3) is 8.70. The number of ether oxygens (including phenoxy) is 7. The van der Waals surface area contributed by atoms with Gasteiger partial charge in [-0.1, -0.05) is 12.1 Å². The van der Waals surface area contributed by atoms with Gasteiger partial charge in [0.2, 0.25) is 5.79 Å². The second-order valence-corrected chi connectivity index (χ2v) is 9.72. The Morgan fingerprint density at radius 3 is 2.12 bits per heavy atom. The van der Waals surface area contributed by atoms with E-state index >= 15 is 0 Å². The van der Waals surface area contributed by atoms with E-state index in [1.54, 1.807) is 0 Å². The molecular formula is C27H34O16. The fourth-order valence-corrected chi connectivity index (χ4v) is 4.37. The lowest BCUT2D eigenvalue weighted by Gasteiger charge is -2.43. The van der Waals surface area contributed by atoms with E-state index in [0.717, 1.165) is 26.8 Å². The molecule has 2 aliphatic heterocycles. The van der Waals surface area contributed by atoms with Gasteiger partial charge < -0.3 is 58.7 Å². The third-order valence-corrected chi connectivity index (χ3v) is 6.39. The highest BCUT2D eigenvalue weighted by molar-refractivity contribution is 5.87. The van der Waals surface area contributed by atoms with Crippen LogP contribution in [0.5, 0.6) is 5.75 Å². The van der Waals surface area contributed by atoms with Gasteiger partial charge >= 0.3 is 23.9 Å². The minimum Gasteiger partial charge on any atom is -0.508 e. The normalized spacial score (nSPS) is 32.3. The van der Waals surface area contributed by atoms with Crippen molar-refractivity contribution in [1.29, 1.82) is 0 Å². The van der Waals surface area contributed by atoms with Crippen molar-refractivity contribution < 1.29 is 77.9 Å². The molecule has 1 aromatic carbocycles. The summed E-state index contributed by atoms with van der Waals surface area (Å²) in [6.45, 7) is 0.928. The minimum absolute atomic E-state index is 0.00523. The van der Waals surface area contributed by atoms with Crippen molar-refractivity contribution >= 4 is 30.0 Å². The van der Waals surface area contributed by atoms with E-state index in [1.807, 2.05) is 0 Å². The number of hydrogen-bond donors (Lipinski definition) is 5. The number of rotatable bonds is 11. The van der Waals surface area contributed by atoms with Crippen molar-refractivity contribution in [3.8, 4) is 5.75 Å². The molecule has 2 fully saturated rings. The molecule has 9 atom stereocenters. The molecule has 2 aliphatic rings. The number of benzene rings is 1. The Bertz CT molecular complexity index is 1170. The fraction of sp³-hybridized carbons (Fsp3) is 0.556. The van der Waals surface area contributed by atoms with Gasteiger partial charge in [-0.25, -0.2) is 4.79 Å². The predicted molar refractivity (Wildman–Crippen MR) is 138 cm³/mol. The molecule has 238 valence electrons. The van der Waals surface area contributed by atoms with Crippen molar-refractivity contribution in [2.45, 2.75) is 75.6 Å². The van der Waals surface area contributed by atoms with Crippen LogP contribution in [-0.2, 0) is 52.3 Å². The summed E-state index contributed by atoms with van der Waals surface area (Å²) in [7, 11) is 0. The molecule has 0 saturated carbocycles. The van der Waals surface area contributed by atoms with E-state index in [4.69, 9.17) is 33.2 Å². The summed E-state index contributed by atoms with van der Waals surface area (Å²) < 4.78 is 38.0. The summed E-state index contributed by atoms with van der Waals surface area (Å²) in [5.74, 6) is -5.93. The number of aromatic hydroxyl groups is 1. The molecule has 0 amide bonds. The lowest BCUT2D eigenvalue weighted by atomic mass is 9.98. The molecule has 0 unspecified atom stereocenters. The molecule has 1 aromatic rings. The first-order chi connectivity index (χ1) is 20.3. The van der Waals surface area contributed by atoms with Crippen molar-refractivity contribution in [3.63, 3.8) is 0 Å². The van der Waals surface area contributed by atoms with Crippen LogP contribution in [0.3, 0.4) is 0 Å². The van der Waals surface area contributed by atoms with E-state index in [0.29, 0.717) is 5.56 Å². The Morgan fingerprint density at radius 1 is 0.884 bits per heavy atom. The van der Waals surface area contributed by atoms with Gasteiger partial charge in [0.15, 0.2) is 18.5 Å². The summed E-state index contributed by atoms with van der Waals surface area (Å²) >= 11 is 0. The van der Waals surface area contributed by atoms with Crippen LogP contribution in [0, 0.1) is 0 Å². The maximum atomic E-state index is 13.0. The maximum absolute atomic E-state index is 13.0. The molecule has 2 saturated heterocycles. The summed E-state index contributed by atoms with van der Waals surface area (Å²) in [5, 5.41) is 51.0. The Labute approximate surface area is 245 Å². The molecule has 0 aliphatic carbocycles. The second-order valence-electron chi connectivity index (χ2n) is 9.72. The highest BCUT2D eigenvalue weighted by Gasteiger charge is 2.63. The average molecular weight is 615 g/mol. The molecular weight excluding hydrogens is 580 g/mol. The monoisotopic (exact) mass is 614 g/mol. The Morgan fingerprint density at radius 2 is 1.53 bits per heavy atom. The largest absolute Gasteiger partial charge is 0.508 e. The van der Waals surface area contributed by atoms with Gasteiger partial charge in [-0.05, 0) is 23.8 Å². The third-order valence-electron chi connectivity index (χ3n) is 6.39. The lowest BCUT2D eigenvalue weighted by Crippen LogP contribution is -2.63. The van der Waals surface area contributed by atoms with Gasteiger partial charge in [-0.2, -0.15) is 0 Å². The van der Waals surface area contributed by atoms with Crippen molar-refractivity contribution in [2.24, 2.45) is 0 Å². The molecule has 0 bridgehead atoms. The number of aliphatic hydroxyl groups excluding tert-OH is 4.